The van der Waals surface area contributed by atoms with E-state index in [0.29, 0.717) is 11.1 Å². The molecule has 0 aliphatic rings. The molecule has 2 atom stereocenters. The highest BCUT2D eigenvalue weighted by atomic mass is 19.1. The lowest BCUT2D eigenvalue weighted by Crippen LogP contribution is -2.25. The van der Waals surface area contributed by atoms with Gasteiger partial charge in [-0.05, 0) is 54.8 Å². The highest BCUT2D eigenvalue weighted by Gasteiger charge is 2.14. The number of halogens is 2. The first kappa shape index (κ1) is 17.4. The summed E-state index contributed by atoms with van der Waals surface area (Å²) in [5, 5.41) is 13.4. The van der Waals surface area contributed by atoms with Crippen molar-refractivity contribution in [3.05, 3.63) is 64.7 Å². The zero-order valence-electron chi connectivity index (χ0n) is 13.4. The van der Waals surface area contributed by atoms with Gasteiger partial charge in [-0.1, -0.05) is 12.1 Å². The lowest BCUT2D eigenvalue weighted by atomic mass is 10.0. The molecule has 0 aromatic heterocycles. The van der Waals surface area contributed by atoms with Crippen LogP contribution in [-0.4, -0.2) is 18.8 Å². The van der Waals surface area contributed by atoms with Gasteiger partial charge in [0.1, 0.15) is 5.82 Å². The third-order valence-corrected chi connectivity index (χ3v) is 3.88. The summed E-state index contributed by atoms with van der Waals surface area (Å²) >= 11 is 0. The Labute approximate surface area is 134 Å². The molecular formula is C18H21F2NO2. The van der Waals surface area contributed by atoms with Gasteiger partial charge in [0.05, 0.1) is 13.2 Å². The molecule has 2 N–H and O–H groups in total. The highest BCUT2D eigenvalue weighted by molar-refractivity contribution is 5.31. The predicted octanol–water partition coefficient (Wildman–Crippen LogP) is 3.67. The normalized spacial score (nSPS) is 13.7. The van der Waals surface area contributed by atoms with Crippen molar-refractivity contribution in [1.29, 1.82) is 0 Å². The van der Waals surface area contributed by atoms with Gasteiger partial charge in [-0.3, -0.25) is 0 Å². The van der Waals surface area contributed by atoms with Crippen LogP contribution in [0.5, 0.6) is 5.75 Å². The van der Waals surface area contributed by atoms with Gasteiger partial charge in [-0.15, -0.1) is 0 Å². The Morgan fingerprint density at radius 2 is 1.91 bits per heavy atom. The zero-order chi connectivity index (χ0) is 17.0. The maximum absolute atomic E-state index is 13.7. The van der Waals surface area contributed by atoms with Crippen LogP contribution in [0, 0.1) is 18.6 Å². The second-order valence-corrected chi connectivity index (χ2v) is 5.54. The molecule has 0 fully saturated rings. The number of aryl methyl sites for hydroxylation is 1. The summed E-state index contributed by atoms with van der Waals surface area (Å²) in [6.07, 6.45) is -0.763. The molecule has 0 amide bonds. The molecule has 2 aromatic carbocycles. The fraction of sp³-hybridized carbons (Fsp3) is 0.333. The third-order valence-electron chi connectivity index (χ3n) is 3.88. The number of rotatable bonds is 6. The van der Waals surface area contributed by atoms with Crippen molar-refractivity contribution in [2.24, 2.45) is 0 Å². The van der Waals surface area contributed by atoms with Crippen molar-refractivity contribution in [3.63, 3.8) is 0 Å². The summed E-state index contributed by atoms with van der Waals surface area (Å²) in [5.41, 5.74) is 2.13. The van der Waals surface area contributed by atoms with E-state index < -0.39 is 11.9 Å². The molecule has 0 radical (unpaired) electrons. The van der Waals surface area contributed by atoms with Gasteiger partial charge in [0.2, 0.25) is 0 Å². The molecule has 2 aromatic rings. The van der Waals surface area contributed by atoms with Gasteiger partial charge >= 0.3 is 0 Å². The van der Waals surface area contributed by atoms with Crippen LogP contribution >= 0.6 is 0 Å². The van der Waals surface area contributed by atoms with Gasteiger partial charge in [0.15, 0.2) is 11.6 Å². The summed E-state index contributed by atoms with van der Waals surface area (Å²) in [6, 6.07) is 8.90. The third kappa shape index (κ3) is 4.27. The van der Waals surface area contributed by atoms with Crippen LogP contribution < -0.4 is 10.1 Å². The molecule has 0 bridgehead atoms. The van der Waals surface area contributed by atoms with Crippen LogP contribution in [0.4, 0.5) is 8.78 Å². The van der Waals surface area contributed by atoms with E-state index in [-0.39, 0.29) is 24.2 Å². The smallest absolute Gasteiger partial charge is 0.165 e. The molecule has 0 spiro atoms. The average Bonchev–Trinajstić information content (AvgIpc) is 2.52. The largest absolute Gasteiger partial charge is 0.494 e. The van der Waals surface area contributed by atoms with Crippen LogP contribution in [0.25, 0.3) is 0 Å². The van der Waals surface area contributed by atoms with E-state index >= 15 is 0 Å². The second-order valence-electron chi connectivity index (χ2n) is 5.54. The number of aliphatic hydroxyl groups excluding tert-OH is 1. The lowest BCUT2D eigenvalue weighted by Gasteiger charge is -2.19. The Hall–Kier alpha value is -1.98. The van der Waals surface area contributed by atoms with Crippen LogP contribution in [0.2, 0.25) is 0 Å². The van der Waals surface area contributed by atoms with Gasteiger partial charge in [-0.2, -0.15) is 0 Å². The van der Waals surface area contributed by atoms with E-state index in [9.17, 15) is 13.9 Å². The minimum atomic E-state index is -0.763. The Bertz CT molecular complexity index is 676. The van der Waals surface area contributed by atoms with Gasteiger partial charge in [0.25, 0.3) is 0 Å². The Kier molecular flexibility index (Phi) is 5.69. The maximum atomic E-state index is 13.7. The summed E-state index contributed by atoms with van der Waals surface area (Å²) in [5.74, 6) is -0.551. The molecule has 0 saturated carbocycles. The monoisotopic (exact) mass is 321 g/mol. The number of ether oxygens (including phenoxy) is 1. The predicted molar refractivity (Wildman–Crippen MR) is 85.5 cm³/mol. The van der Waals surface area contributed by atoms with E-state index in [1.807, 2.05) is 6.92 Å². The van der Waals surface area contributed by atoms with Gasteiger partial charge in [0, 0.05) is 12.6 Å². The number of hydrogen-bond acceptors (Lipinski definition) is 3. The Balaban J connectivity index is 2.00. The number of benzene rings is 2. The molecule has 23 heavy (non-hydrogen) atoms. The van der Waals surface area contributed by atoms with Crippen molar-refractivity contribution in [3.8, 4) is 5.75 Å². The molecule has 0 saturated heterocycles. The van der Waals surface area contributed by atoms with E-state index in [0.717, 1.165) is 5.56 Å². The minimum Gasteiger partial charge on any atom is -0.494 e. The van der Waals surface area contributed by atoms with Crippen molar-refractivity contribution in [2.75, 3.05) is 13.7 Å². The maximum Gasteiger partial charge on any atom is 0.165 e. The number of hydrogen-bond donors (Lipinski definition) is 2. The fourth-order valence-electron chi connectivity index (χ4n) is 2.48. The minimum absolute atomic E-state index is 0.147. The summed E-state index contributed by atoms with van der Waals surface area (Å²) in [4.78, 5) is 0. The molecule has 0 heterocycles. The van der Waals surface area contributed by atoms with Crippen molar-refractivity contribution >= 4 is 0 Å². The Morgan fingerprint density at radius 1 is 1.17 bits per heavy atom. The van der Waals surface area contributed by atoms with Crippen LogP contribution in [-0.2, 0) is 0 Å². The zero-order valence-corrected chi connectivity index (χ0v) is 13.4. The van der Waals surface area contributed by atoms with Crippen molar-refractivity contribution in [1.82, 2.24) is 5.32 Å². The summed E-state index contributed by atoms with van der Waals surface area (Å²) < 4.78 is 31.7. The summed E-state index contributed by atoms with van der Waals surface area (Å²) in [7, 11) is 1.42. The SMILES string of the molecule is COc1ccc(C(C)NCC(O)c2ccc(F)cc2C)cc1F. The first-order valence-corrected chi connectivity index (χ1v) is 7.43. The first-order chi connectivity index (χ1) is 10.9. The molecule has 2 unspecified atom stereocenters. The average molecular weight is 321 g/mol. The molecule has 124 valence electrons. The van der Waals surface area contributed by atoms with Crippen LogP contribution in [0.1, 0.15) is 35.8 Å². The first-order valence-electron chi connectivity index (χ1n) is 7.43. The summed E-state index contributed by atoms with van der Waals surface area (Å²) in [6.45, 7) is 3.91. The molecule has 0 aliphatic heterocycles. The number of aliphatic hydroxyl groups is 1. The highest BCUT2D eigenvalue weighted by Crippen LogP contribution is 2.23. The van der Waals surface area contributed by atoms with Gasteiger partial charge in [-0.25, -0.2) is 8.78 Å². The standard InChI is InChI=1S/C18H21F2NO2/c1-11-8-14(19)5-6-15(11)17(22)10-21-12(2)13-4-7-18(23-3)16(20)9-13/h4-9,12,17,21-22H,10H2,1-3H3. The van der Waals surface area contributed by atoms with E-state index in [4.69, 9.17) is 4.74 Å². The second kappa shape index (κ2) is 7.53. The topological polar surface area (TPSA) is 41.5 Å². The van der Waals surface area contributed by atoms with Crippen LogP contribution in [0.3, 0.4) is 0 Å². The van der Waals surface area contributed by atoms with E-state index in [2.05, 4.69) is 5.32 Å². The number of nitrogens with one attached hydrogen (secondary N) is 1. The van der Waals surface area contributed by atoms with Crippen LogP contribution in [0.15, 0.2) is 36.4 Å². The molecule has 2 rings (SSSR count). The quantitative estimate of drug-likeness (QED) is 0.853. The van der Waals surface area contributed by atoms with Crippen molar-refractivity contribution < 1.29 is 18.6 Å². The lowest BCUT2D eigenvalue weighted by molar-refractivity contribution is 0.170. The van der Waals surface area contributed by atoms with Gasteiger partial charge < -0.3 is 15.2 Å². The molecule has 5 heteroatoms. The molecular weight excluding hydrogens is 300 g/mol. The molecule has 3 nitrogen and oxygen atoms in total. The van der Waals surface area contributed by atoms with E-state index in [1.165, 1.54) is 25.3 Å². The van der Waals surface area contributed by atoms with E-state index in [1.54, 1.807) is 25.1 Å². The molecule has 0 aliphatic carbocycles. The number of methoxy groups -OCH3 is 1. The fourth-order valence-corrected chi connectivity index (χ4v) is 2.48. The van der Waals surface area contributed by atoms with Crippen molar-refractivity contribution in [2.45, 2.75) is 26.0 Å². The Morgan fingerprint density at radius 3 is 2.52 bits per heavy atom.